The Balaban J connectivity index is 2.46. The number of hydrogen-bond donors (Lipinski definition) is 1. The standard InChI is InChI=1S/C15H18N2O4S/c1-4-10(3)21-12-6-5-9(2)7-11(12)17-13(18)8-22-14(17)16-15(19)20/h5-7,10H,4,8H2,1-3H3,(H,19,20)/b16-14-. The molecule has 2 rings (SSSR count). The van der Waals surface area contributed by atoms with Crippen LogP contribution in [0, 0.1) is 6.92 Å². The number of nitrogens with zero attached hydrogens (tertiary/aromatic N) is 2. The molecule has 2 amide bonds. The number of amidine groups is 1. The zero-order chi connectivity index (χ0) is 16.3. The Morgan fingerprint density at radius 2 is 2.27 bits per heavy atom. The summed E-state index contributed by atoms with van der Waals surface area (Å²) >= 11 is 1.11. The van der Waals surface area contributed by atoms with Crippen LogP contribution in [0.15, 0.2) is 23.2 Å². The third-order valence-corrected chi connectivity index (χ3v) is 4.14. The number of benzene rings is 1. The maximum absolute atomic E-state index is 12.2. The van der Waals surface area contributed by atoms with Gasteiger partial charge < -0.3 is 9.84 Å². The average molecular weight is 322 g/mol. The number of hydrogen-bond acceptors (Lipinski definition) is 4. The van der Waals surface area contributed by atoms with Crippen molar-refractivity contribution in [3.05, 3.63) is 23.8 Å². The molecule has 1 unspecified atom stereocenters. The second-order valence-corrected chi connectivity index (χ2v) is 5.95. The molecule has 1 aliphatic rings. The summed E-state index contributed by atoms with van der Waals surface area (Å²) in [6, 6.07) is 5.49. The van der Waals surface area contributed by atoms with Gasteiger partial charge in [0, 0.05) is 0 Å². The van der Waals surface area contributed by atoms with E-state index >= 15 is 0 Å². The minimum atomic E-state index is -1.32. The van der Waals surface area contributed by atoms with Crippen LogP contribution in [0.2, 0.25) is 0 Å². The van der Waals surface area contributed by atoms with E-state index in [1.807, 2.05) is 26.8 Å². The third-order valence-electron chi connectivity index (χ3n) is 3.22. The molecular weight excluding hydrogens is 304 g/mol. The van der Waals surface area contributed by atoms with Crippen LogP contribution < -0.4 is 9.64 Å². The molecule has 0 saturated carbocycles. The molecular formula is C15H18N2O4S. The zero-order valence-electron chi connectivity index (χ0n) is 12.7. The Morgan fingerprint density at radius 1 is 1.55 bits per heavy atom. The van der Waals surface area contributed by atoms with Crippen LogP contribution >= 0.6 is 11.8 Å². The fourth-order valence-corrected chi connectivity index (χ4v) is 2.82. The van der Waals surface area contributed by atoms with Crippen LogP contribution in [-0.2, 0) is 4.79 Å². The molecule has 1 aromatic rings. The molecule has 1 N–H and O–H groups in total. The van der Waals surface area contributed by atoms with Crippen LogP contribution in [0.1, 0.15) is 25.8 Å². The fourth-order valence-electron chi connectivity index (χ4n) is 1.97. The normalized spacial score (nSPS) is 17.9. The summed E-state index contributed by atoms with van der Waals surface area (Å²) in [5.41, 5.74) is 1.49. The fraction of sp³-hybridized carbons (Fsp3) is 0.400. The molecule has 1 heterocycles. The number of amides is 2. The third kappa shape index (κ3) is 3.59. The van der Waals surface area contributed by atoms with E-state index in [-0.39, 0.29) is 22.9 Å². The van der Waals surface area contributed by atoms with Crippen LogP contribution in [0.3, 0.4) is 0 Å². The van der Waals surface area contributed by atoms with Gasteiger partial charge in [-0.1, -0.05) is 24.8 Å². The van der Waals surface area contributed by atoms with Crippen LogP contribution in [-0.4, -0.2) is 34.1 Å². The van der Waals surface area contributed by atoms with Gasteiger partial charge >= 0.3 is 6.09 Å². The molecule has 1 fully saturated rings. The quantitative estimate of drug-likeness (QED) is 0.920. The Morgan fingerprint density at radius 3 is 2.91 bits per heavy atom. The number of carboxylic acid groups (broad SMARTS) is 1. The van der Waals surface area contributed by atoms with E-state index in [2.05, 4.69) is 4.99 Å². The van der Waals surface area contributed by atoms with Crippen LogP contribution in [0.4, 0.5) is 10.5 Å². The molecule has 1 saturated heterocycles. The van der Waals surface area contributed by atoms with Crippen LogP contribution in [0.5, 0.6) is 5.75 Å². The molecule has 0 spiro atoms. The summed E-state index contributed by atoms with van der Waals surface area (Å²) in [5.74, 6) is 0.515. The van der Waals surface area contributed by atoms with Crippen molar-refractivity contribution in [1.29, 1.82) is 0 Å². The number of rotatable bonds is 4. The van der Waals surface area contributed by atoms with E-state index in [0.29, 0.717) is 11.4 Å². The molecule has 1 atom stereocenters. The highest BCUT2D eigenvalue weighted by atomic mass is 32.2. The number of carbonyl (C=O) groups excluding carboxylic acids is 1. The van der Waals surface area contributed by atoms with Gasteiger partial charge in [-0.15, -0.1) is 0 Å². The molecule has 0 aliphatic carbocycles. The number of thioether (sulfide) groups is 1. The van der Waals surface area contributed by atoms with Gasteiger partial charge in [0.25, 0.3) is 0 Å². The summed E-state index contributed by atoms with van der Waals surface area (Å²) < 4.78 is 5.86. The number of carbonyl (C=O) groups is 2. The molecule has 118 valence electrons. The van der Waals surface area contributed by atoms with Gasteiger partial charge in [-0.25, -0.2) is 4.79 Å². The molecule has 0 radical (unpaired) electrons. The van der Waals surface area contributed by atoms with Crippen molar-refractivity contribution < 1.29 is 19.4 Å². The smallest absolute Gasteiger partial charge is 0.433 e. The summed E-state index contributed by atoms with van der Waals surface area (Å²) in [5, 5.41) is 9.03. The first-order valence-electron chi connectivity index (χ1n) is 6.97. The number of aliphatic imine (C=N–C) groups is 1. The topological polar surface area (TPSA) is 79.2 Å². The van der Waals surface area contributed by atoms with Crippen molar-refractivity contribution in [1.82, 2.24) is 0 Å². The second-order valence-electron chi connectivity index (χ2n) is 5.00. The molecule has 1 aliphatic heterocycles. The van der Waals surface area contributed by atoms with E-state index in [4.69, 9.17) is 9.84 Å². The molecule has 1 aromatic carbocycles. The van der Waals surface area contributed by atoms with Crippen molar-refractivity contribution in [3.63, 3.8) is 0 Å². The molecule has 6 nitrogen and oxygen atoms in total. The summed E-state index contributed by atoms with van der Waals surface area (Å²) in [4.78, 5) is 27.8. The number of aryl methyl sites for hydroxylation is 1. The average Bonchev–Trinajstić information content (AvgIpc) is 2.80. The first-order chi connectivity index (χ1) is 10.4. The Bertz CT molecular complexity index is 630. The highest BCUT2D eigenvalue weighted by Gasteiger charge is 2.32. The number of ether oxygens (including phenoxy) is 1. The highest BCUT2D eigenvalue weighted by molar-refractivity contribution is 8.15. The number of anilines is 1. The molecule has 22 heavy (non-hydrogen) atoms. The lowest BCUT2D eigenvalue weighted by atomic mass is 10.2. The van der Waals surface area contributed by atoms with Crippen molar-refractivity contribution in [2.24, 2.45) is 4.99 Å². The SMILES string of the molecule is CCC(C)Oc1ccc(C)cc1N1C(=O)CS/C1=N\C(=O)O. The predicted octanol–water partition coefficient (Wildman–Crippen LogP) is 3.29. The van der Waals surface area contributed by atoms with E-state index in [1.54, 1.807) is 12.1 Å². The first kappa shape index (κ1) is 16.4. The van der Waals surface area contributed by atoms with Gasteiger partial charge in [-0.3, -0.25) is 9.69 Å². The molecule has 0 bridgehead atoms. The first-order valence-corrected chi connectivity index (χ1v) is 7.95. The van der Waals surface area contributed by atoms with Gasteiger partial charge in [0.1, 0.15) is 5.75 Å². The largest absolute Gasteiger partial charge is 0.489 e. The van der Waals surface area contributed by atoms with Crippen molar-refractivity contribution >= 4 is 34.6 Å². The van der Waals surface area contributed by atoms with E-state index in [9.17, 15) is 9.59 Å². The lowest BCUT2D eigenvalue weighted by Crippen LogP contribution is -2.30. The summed E-state index contributed by atoms with van der Waals surface area (Å²) in [6.45, 7) is 5.85. The van der Waals surface area contributed by atoms with E-state index in [0.717, 1.165) is 23.7 Å². The summed E-state index contributed by atoms with van der Waals surface area (Å²) in [6.07, 6.45) is -0.502. The summed E-state index contributed by atoms with van der Waals surface area (Å²) in [7, 11) is 0. The zero-order valence-corrected chi connectivity index (χ0v) is 13.5. The minimum absolute atomic E-state index is 0.00771. The van der Waals surface area contributed by atoms with Gasteiger partial charge in [-0.2, -0.15) is 4.99 Å². The Kier molecular flexibility index (Phi) is 5.07. The minimum Gasteiger partial charge on any atom is -0.489 e. The second kappa shape index (κ2) is 6.83. The van der Waals surface area contributed by atoms with Crippen molar-refractivity contribution in [2.75, 3.05) is 10.7 Å². The van der Waals surface area contributed by atoms with Gasteiger partial charge in [-0.05, 0) is 38.0 Å². The Hall–Kier alpha value is -2.02. The highest BCUT2D eigenvalue weighted by Crippen LogP contribution is 2.35. The maximum atomic E-state index is 12.2. The van der Waals surface area contributed by atoms with Gasteiger partial charge in [0.05, 0.1) is 17.5 Å². The molecule has 7 heteroatoms. The van der Waals surface area contributed by atoms with Crippen LogP contribution in [0.25, 0.3) is 0 Å². The lowest BCUT2D eigenvalue weighted by Gasteiger charge is -2.22. The van der Waals surface area contributed by atoms with Crippen molar-refractivity contribution in [2.45, 2.75) is 33.3 Å². The van der Waals surface area contributed by atoms with Gasteiger partial charge in [0.15, 0.2) is 5.17 Å². The predicted molar refractivity (Wildman–Crippen MR) is 87.0 cm³/mol. The van der Waals surface area contributed by atoms with Gasteiger partial charge in [0.2, 0.25) is 5.91 Å². The van der Waals surface area contributed by atoms with Crippen molar-refractivity contribution in [3.8, 4) is 5.75 Å². The van der Waals surface area contributed by atoms with E-state index in [1.165, 1.54) is 4.90 Å². The lowest BCUT2D eigenvalue weighted by molar-refractivity contribution is -0.115. The van der Waals surface area contributed by atoms with E-state index < -0.39 is 6.09 Å². The maximum Gasteiger partial charge on any atom is 0.433 e. The molecule has 0 aromatic heterocycles. The Labute approximate surface area is 133 Å². The monoisotopic (exact) mass is 322 g/mol.